The van der Waals surface area contributed by atoms with Gasteiger partial charge in [-0.05, 0) is 111 Å². The highest BCUT2D eigenvalue weighted by Crippen LogP contribution is 2.37. The maximum Gasteiger partial charge on any atom is 0.410 e. The normalized spacial score (nSPS) is 18.0. The highest BCUT2D eigenvalue weighted by Gasteiger charge is 2.43. The fraction of sp³-hybridized carbons (Fsp3) is 0.284. The molecule has 6 aromatic carbocycles. The first kappa shape index (κ1) is 69.2. The number of nitrogens with one attached hydrogen (secondary N) is 3. The Morgan fingerprint density at radius 2 is 0.809 bits per heavy atom. The second-order valence-corrected chi connectivity index (χ2v) is 24.8. The number of anilines is 3. The SMILES string of the molecule is C.CC(C)(C)OC(=O)N1C[C@@H](C(=O)Nc2cccc(-c3cncnc3)c2)[C@H](c2ccccc2)C1.CC(C)(C)OC(=O)N1C[C@@H](C(=O)O)[C@H](c2ccccc2)C1.Nc1cccc(-c2cncnc2)c1.O=C(Nc1cccc(-c2cncnc2)c1)[C@@H]1CNC[C@H]1c1ccccc1. The van der Waals surface area contributed by atoms with Crippen LogP contribution in [0.15, 0.2) is 220 Å². The minimum absolute atomic E-state index is 0. The van der Waals surface area contributed by atoms with Gasteiger partial charge in [-0.1, -0.05) is 135 Å². The van der Waals surface area contributed by atoms with Crippen LogP contribution in [0.2, 0.25) is 0 Å². The molecule has 486 valence electrons. The van der Waals surface area contributed by atoms with E-state index >= 15 is 0 Å². The molecule has 3 aliphatic rings. The first-order valence-electron chi connectivity index (χ1n) is 30.7. The first-order chi connectivity index (χ1) is 44.7. The molecule has 20 heteroatoms. The summed E-state index contributed by atoms with van der Waals surface area (Å²) in [5.41, 5.74) is 15.6. The summed E-state index contributed by atoms with van der Waals surface area (Å²) in [6.45, 7) is 13.7. The average Bonchev–Trinajstić information content (AvgIpc) is 1.70. The van der Waals surface area contributed by atoms with E-state index in [9.17, 15) is 29.1 Å². The van der Waals surface area contributed by atoms with Crippen molar-refractivity contribution in [1.82, 2.24) is 45.0 Å². The van der Waals surface area contributed by atoms with Crippen molar-refractivity contribution in [3.63, 3.8) is 0 Å². The van der Waals surface area contributed by atoms with E-state index in [-0.39, 0.29) is 49.5 Å². The molecule has 0 aliphatic carbocycles. The molecule has 0 bridgehead atoms. The number of aromatic nitrogens is 6. The molecule has 0 spiro atoms. The fourth-order valence-electron chi connectivity index (χ4n) is 11.2. The first-order valence-corrected chi connectivity index (χ1v) is 30.7. The van der Waals surface area contributed by atoms with Gasteiger partial charge in [0.05, 0.1) is 17.8 Å². The number of amides is 4. The van der Waals surface area contributed by atoms with Gasteiger partial charge in [-0.15, -0.1) is 0 Å². The number of nitrogen functional groups attached to an aromatic ring is 1. The summed E-state index contributed by atoms with van der Waals surface area (Å²) in [4.78, 5) is 89.8. The lowest BCUT2D eigenvalue weighted by atomic mass is 9.88. The lowest BCUT2D eigenvalue weighted by Gasteiger charge is -2.24. The average molecular weight is 1270 g/mol. The van der Waals surface area contributed by atoms with Crippen molar-refractivity contribution in [2.75, 3.05) is 55.6 Å². The smallest absolute Gasteiger partial charge is 0.410 e. The maximum atomic E-state index is 13.4. The molecule has 9 aromatic rings. The van der Waals surface area contributed by atoms with Crippen LogP contribution in [-0.2, 0) is 23.9 Å². The standard InChI is InChI=1S/C26H28N4O3.C21H20N4O.C16H21NO4.C10H9N3.CH4/c1-26(2,3)33-25(32)30-15-22(18-8-5-4-6-9-18)23(16-30)24(31)29-21-11-7-10-19(12-21)20-13-27-17-28-14-20;26-21(20-13-22-12-19(20)15-5-2-1-3-6-15)25-18-8-4-7-16(9-18)17-10-23-14-24-11-17;1-16(2,3)21-15(20)17-9-12(13(10-17)14(18)19)11-7-5-4-6-8-11;11-10-3-1-2-8(4-10)9-5-12-7-13-6-9;/h4-14,17,22-23H,15-16H2,1-3H3,(H,29,31);1-11,14,19-20,22H,12-13H2,(H,25,26);4-8,12-13H,9-10H2,1-3H3,(H,18,19);1-7H,11H2;1H4/t22-,23+;19-,20+;12-,13+;;/m000../s1. The lowest BCUT2D eigenvalue weighted by Crippen LogP contribution is -2.36. The zero-order valence-corrected chi connectivity index (χ0v) is 53.0. The molecule has 0 radical (unpaired) electrons. The molecule has 20 nitrogen and oxygen atoms in total. The Morgan fingerprint density at radius 1 is 0.447 bits per heavy atom. The molecule has 12 rings (SSSR count). The van der Waals surface area contributed by atoms with Gasteiger partial charge in [0, 0.05) is 128 Å². The Bertz CT molecular complexity index is 3900. The van der Waals surface area contributed by atoms with Crippen molar-refractivity contribution in [3.05, 3.63) is 237 Å². The van der Waals surface area contributed by atoms with Crippen molar-refractivity contribution in [3.8, 4) is 33.4 Å². The molecule has 0 unspecified atom stereocenters. The Morgan fingerprint density at radius 3 is 1.20 bits per heavy atom. The van der Waals surface area contributed by atoms with Gasteiger partial charge in [0.1, 0.15) is 30.2 Å². The van der Waals surface area contributed by atoms with E-state index < -0.39 is 41.2 Å². The molecule has 3 saturated heterocycles. The van der Waals surface area contributed by atoms with Crippen LogP contribution in [0.25, 0.3) is 33.4 Å². The van der Waals surface area contributed by atoms with Crippen molar-refractivity contribution in [1.29, 1.82) is 0 Å². The van der Waals surface area contributed by atoms with Gasteiger partial charge in [0.2, 0.25) is 11.8 Å². The number of likely N-dealkylation sites (tertiary alicyclic amines) is 2. The highest BCUT2D eigenvalue weighted by molar-refractivity contribution is 5.95. The van der Waals surface area contributed by atoms with Crippen LogP contribution in [0.5, 0.6) is 0 Å². The maximum absolute atomic E-state index is 13.4. The number of carbonyl (C=O) groups is 5. The lowest BCUT2D eigenvalue weighted by molar-refractivity contribution is -0.141. The van der Waals surface area contributed by atoms with Crippen molar-refractivity contribution >= 4 is 47.0 Å². The molecule has 6 N–H and O–H groups in total. The summed E-state index contributed by atoms with van der Waals surface area (Å²) in [7, 11) is 0. The Hall–Kier alpha value is -10.7. The number of aliphatic carboxylic acids is 1. The zero-order chi connectivity index (χ0) is 65.9. The van der Waals surface area contributed by atoms with Crippen LogP contribution in [0, 0.1) is 17.8 Å². The van der Waals surface area contributed by atoms with E-state index in [0.29, 0.717) is 31.9 Å². The number of hydrogen-bond acceptors (Lipinski definition) is 15. The Kier molecular flexibility index (Phi) is 23.9. The molecular weight excluding hydrogens is 1180 g/mol. The molecule has 3 fully saturated rings. The minimum Gasteiger partial charge on any atom is -0.481 e. The van der Waals surface area contributed by atoms with Gasteiger partial charge in [0.15, 0.2) is 0 Å². The number of carbonyl (C=O) groups excluding carboxylic acids is 4. The van der Waals surface area contributed by atoms with E-state index in [1.54, 1.807) is 62.9 Å². The number of rotatable bonds is 11. The third-order valence-electron chi connectivity index (χ3n) is 15.7. The Balaban J connectivity index is 0.000000167. The van der Waals surface area contributed by atoms with Crippen LogP contribution in [0.3, 0.4) is 0 Å². The molecule has 6 atom stereocenters. The summed E-state index contributed by atoms with van der Waals surface area (Å²) in [5, 5.41) is 18.9. The third-order valence-corrected chi connectivity index (χ3v) is 15.7. The molecule has 3 aromatic heterocycles. The number of hydrogen-bond donors (Lipinski definition) is 5. The quantitative estimate of drug-likeness (QED) is 0.0753. The molecule has 6 heterocycles. The van der Waals surface area contributed by atoms with Gasteiger partial charge in [-0.3, -0.25) is 14.4 Å². The van der Waals surface area contributed by atoms with E-state index in [0.717, 1.165) is 62.4 Å². The molecule has 94 heavy (non-hydrogen) atoms. The summed E-state index contributed by atoms with van der Waals surface area (Å²) >= 11 is 0. The summed E-state index contributed by atoms with van der Waals surface area (Å²) in [6, 6.07) is 52.5. The van der Waals surface area contributed by atoms with E-state index in [4.69, 9.17) is 15.2 Å². The van der Waals surface area contributed by atoms with Gasteiger partial charge in [-0.25, -0.2) is 39.5 Å². The van der Waals surface area contributed by atoms with Crippen molar-refractivity contribution in [2.24, 2.45) is 17.8 Å². The van der Waals surface area contributed by atoms with Crippen LogP contribution >= 0.6 is 0 Å². The molecule has 0 saturated carbocycles. The largest absolute Gasteiger partial charge is 0.481 e. The van der Waals surface area contributed by atoms with E-state index in [1.165, 1.54) is 29.4 Å². The van der Waals surface area contributed by atoms with Gasteiger partial charge in [-0.2, -0.15) is 0 Å². The van der Waals surface area contributed by atoms with Crippen LogP contribution in [-0.4, -0.2) is 125 Å². The predicted octanol–water partition coefficient (Wildman–Crippen LogP) is 12.9. The van der Waals surface area contributed by atoms with Crippen molar-refractivity contribution in [2.45, 2.75) is 77.9 Å². The van der Waals surface area contributed by atoms with Crippen LogP contribution < -0.4 is 21.7 Å². The number of nitrogens with zero attached hydrogens (tertiary/aromatic N) is 8. The molecular formula is C74H82N12O8. The topological polar surface area (TPSA) is 270 Å². The second kappa shape index (κ2) is 32.5. The summed E-state index contributed by atoms with van der Waals surface area (Å²) in [5.74, 6) is -2.16. The third kappa shape index (κ3) is 19.6. The second-order valence-electron chi connectivity index (χ2n) is 24.8. The van der Waals surface area contributed by atoms with Crippen LogP contribution in [0.1, 0.15) is 83.4 Å². The predicted molar refractivity (Wildman–Crippen MR) is 365 cm³/mol. The minimum atomic E-state index is -0.880. The van der Waals surface area contributed by atoms with Gasteiger partial charge >= 0.3 is 18.2 Å². The zero-order valence-electron chi connectivity index (χ0n) is 53.0. The number of ether oxygens (including phenoxy) is 2. The fourth-order valence-corrected chi connectivity index (χ4v) is 11.2. The number of carboxylic acid groups (broad SMARTS) is 1. The number of benzene rings is 6. The van der Waals surface area contributed by atoms with Gasteiger partial charge in [0.25, 0.3) is 0 Å². The van der Waals surface area contributed by atoms with E-state index in [1.807, 2.05) is 172 Å². The summed E-state index contributed by atoms with van der Waals surface area (Å²) in [6.07, 6.45) is 14.2. The van der Waals surface area contributed by atoms with Crippen LogP contribution in [0.4, 0.5) is 26.7 Å². The number of nitrogens with two attached hydrogens (primary N) is 1. The van der Waals surface area contributed by atoms with E-state index in [2.05, 4.69) is 58.0 Å². The number of carboxylic acids is 1. The van der Waals surface area contributed by atoms with Crippen molar-refractivity contribution < 1.29 is 38.6 Å². The molecule has 3 aliphatic heterocycles. The Labute approximate surface area is 549 Å². The monoisotopic (exact) mass is 1270 g/mol. The van der Waals surface area contributed by atoms with Gasteiger partial charge < -0.3 is 46.1 Å². The summed E-state index contributed by atoms with van der Waals surface area (Å²) < 4.78 is 10.9. The highest BCUT2D eigenvalue weighted by atomic mass is 16.6. The molecule has 4 amide bonds.